The lowest BCUT2D eigenvalue weighted by molar-refractivity contribution is -0.138. The van der Waals surface area contributed by atoms with Gasteiger partial charge in [-0.2, -0.15) is 0 Å². The number of hydrogen-bond acceptors (Lipinski definition) is 3. The Labute approximate surface area is 143 Å². The predicted octanol–water partition coefficient (Wildman–Crippen LogP) is 1.66. The molecule has 5 nitrogen and oxygen atoms in total. The van der Waals surface area contributed by atoms with Crippen LogP contribution in [0.15, 0.2) is 24.3 Å². The summed E-state index contributed by atoms with van der Waals surface area (Å²) in [7, 11) is 0. The highest BCUT2D eigenvalue weighted by molar-refractivity contribution is 5.81. The highest BCUT2D eigenvalue weighted by atomic mass is 16.3. The second kappa shape index (κ2) is 6.93. The van der Waals surface area contributed by atoms with Crippen LogP contribution in [0.5, 0.6) is 0 Å². The molecule has 2 amide bonds. The lowest BCUT2D eigenvalue weighted by Gasteiger charge is -2.33. The number of carbonyl (C=O) groups excluding carboxylic acids is 2. The Morgan fingerprint density at radius 3 is 2.54 bits per heavy atom. The molecular formula is C19H26N2O3. The van der Waals surface area contributed by atoms with E-state index in [1.807, 2.05) is 43.0 Å². The molecule has 130 valence electrons. The number of nitrogens with one attached hydrogen (secondary N) is 1. The van der Waals surface area contributed by atoms with Crippen molar-refractivity contribution in [1.29, 1.82) is 0 Å². The Kier molecular flexibility index (Phi) is 4.90. The van der Waals surface area contributed by atoms with Gasteiger partial charge in [-0.1, -0.05) is 38.1 Å². The summed E-state index contributed by atoms with van der Waals surface area (Å²) in [6.07, 6.45) is 1.40. The van der Waals surface area contributed by atoms with E-state index in [0.717, 1.165) is 11.1 Å². The largest absolute Gasteiger partial charge is 0.390 e. The molecule has 1 aliphatic carbocycles. The van der Waals surface area contributed by atoms with Crippen molar-refractivity contribution in [1.82, 2.24) is 10.2 Å². The zero-order chi connectivity index (χ0) is 17.3. The molecule has 1 fully saturated rings. The normalized spacial score (nSPS) is 24.1. The maximum absolute atomic E-state index is 12.6. The quantitative estimate of drug-likeness (QED) is 0.885. The summed E-state index contributed by atoms with van der Waals surface area (Å²) in [6, 6.07) is 7.55. The van der Waals surface area contributed by atoms with Crippen molar-refractivity contribution in [3.63, 3.8) is 0 Å². The first-order chi connectivity index (χ1) is 11.5. The fourth-order valence-corrected chi connectivity index (χ4v) is 3.75. The van der Waals surface area contributed by atoms with E-state index < -0.39 is 6.10 Å². The number of amides is 2. The van der Waals surface area contributed by atoms with Gasteiger partial charge in [-0.05, 0) is 24.0 Å². The lowest BCUT2D eigenvalue weighted by atomic mass is 9.94. The minimum atomic E-state index is -0.561. The van der Waals surface area contributed by atoms with Gasteiger partial charge in [-0.25, -0.2) is 0 Å². The van der Waals surface area contributed by atoms with Crippen LogP contribution < -0.4 is 5.32 Å². The molecule has 2 atom stereocenters. The fourth-order valence-electron chi connectivity index (χ4n) is 3.75. The predicted molar refractivity (Wildman–Crippen MR) is 91.2 cm³/mol. The van der Waals surface area contributed by atoms with Gasteiger partial charge in [0.2, 0.25) is 11.8 Å². The zero-order valence-corrected chi connectivity index (χ0v) is 14.4. The SMILES string of the molecule is CC(C)C(=O)N1CCC(C(=O)NC2c3ccccc3CC2O)CC1. The lowest BCUT2D eigenvalue weighted by Crippen LogP contribution is -2.45. The minimum Gasteiger partial charge on any atom is -0.390 e. The number of likely N-dealkylation sites (tertiary alicyclic amines) is 1. The molecule has 3 rings (SSSR count). The molecule has 0 spiro atoms. The van der Waals surface area contributed by atoms with Crippen LogP contribution in [0.1, 0.15) is 43.9 Å². The molecular weight excluding hydrogens is 304 g/mol. The van der Waals surface area contributed by atoms with E-state index in [0.29, 0.717) is 32.4 Å². The number of piperidine rings is 1. The van der Waals surface area contributed by atoms with Crippen molar-refractivity contribution in [2.45, 2.75) is 45.3 Å². The van der Waals surface area contributed by atoms with E-state index in [2.05, 4.69) is 5.32 Å². The number of fused-ring (bicyclic) bond motifs is 1. The monoisotopic (exact) mass is 330 g/mol. The van der Waals surface area contributed by atoms with Crippen molar-refractivity contribution in [2.75, 3.05) is 13.1 Å². The number of carbonyl (C=O) groups is 2. The van der Waals surface area contributed by atoms with E-state index in [1.165, 1.54) is 0 Å². The van der Waals surface area contributed by atoms with E-state index in [-0.39, 0.29) is 29.7 Å². The Morgan fingerprint density at radius 1 is 1.21 bits per heavy atom. The molecule has 2 unspecified atom stereocenters. The van der Waals surface area contributed by atoms with E-state index in [1.54, 1.807) is 0 Å². The minimum absolute atomic E-state index is 0.000476. The molecule has 2 aliphatic rings. The Morgan fingerprint density at radius 2 is 1.88 bits per heavy atom. The van der Waals surface area contributed by atoms with E-state index in [9.17, 15) is 14.7 Å². The van der Waals surface area contributed by atoms with Crippen molar-refractivity contribution < 1.29 is 14.7 Å². The third-order valence-corrected chi connectivity index (χ3v) is 5.17. The highest BCUT2D eigenvalue weighted by Gasteiger charge is 2.35. The van der Waals surface area contributed by atoms with Gasteiger partial charge < -0.3 is 15.3 Å². The van der Waals surface area contributed by atoms with Crippen LogP contribution in [0.3, 0.4) is 0 Å². The second-order valence-electron chi connectivity index (χ2n) is 7.21. The molecule has 0 radical (unpaired) electrons. The molecule has 24 heavy (non-hydrogen) atoms. The van der Waals surface area contributed by atoms with Gasteiger partial charge in [-0.3, -0.25) is 9.59 Å². The first-order valence-electron chi connectivity index (χ1n) is 8.82. The molecule has 0 bridgehead atoms. The third kappa shape index (κ3) is 3.31. The molecule has 0 aromatic heterocycles. The van der Waals surface area contributed by atoms with Crippen molar-refractivity contribution in [2.24, 2.45) is 11.8 Å². The van der Waals surface area contributed by atoms with Gasteiger partial charge >= 0.3 is 0 Å². The molecule has 1 heterocycles. The average molecular weight is 330 g/mol. The molecule has 2 N–H and O–H groups in total. The summed E-state index contributed by atoms with van der Waals surface area (Å²) >= 11 is 0. The average Bonchev–Trinajstić information content (AvgIpc) is 2.90. The first-order valence-corrected chi connectivity index (χ1v) is 8.82. The summed E-state index contributed by atoms with van der Waals surface area (Å²) in [6.45, 7) is 5.08. The molecule has 1 aromatic rings. The van der Waals surface area contributed by atoms with E-state index >= 15 is 0 Å². The molecule has 5 heteroatoms. The number of hydrogen-bond donors (Lipinski definition) is 2. The Bertz CT molecular complexity index is 621. The summed E-state index contributed by atoms with van der Waals surface area (Å²) in [5.74, 6) is 0.0723. The molecule has 1 aromatic carbocycles. The summed E-state index contributed by atoms with van der Waals surface area (Å²) in [4.78, 5) is 26.5. The molecule has 1 aliphatic heterocycles. The van der Waals surface area contributed by atoms with Gasteiger partial charge in [0.05, 0.1) is 12.1 Å². The van der Waals surface area contributed by atoms with Crippen LogP contribution in [-0.4, -0.2) is 41.0 Å². The summed E-state index contributed by atoms with van der Waals surface area (Å²) in [5, 5.41) is 13.3. The molecule has 0 saturated carbocycles. The van der Waals surface area contributed by atoms with Gasteiger partial charge in [-0.15, -0.1) is 0 Å². The van der Waals surface area contributed by atoms with Crippen LogP contribution in [0.4, 0.5) is 0 Å². The molecule has 1 saturated heterocycles. The smallest absolute Gasteiger partial charge is 0.225 e. The van der Waals surface area contributed by atoms with E-state index in [4.69, 9.17) is 0 Å². The third-order valence-electron chi connectivity index (χ3n) is 5.17. The van der Waals surface area contributed by atoms with Crippen LogP contribution in [0.25, 0.3) is 0 Å². The second-order valence-corrected chi connectivity index (χ2v) is 7.21. The van der Waals surface area contributed by atoms with Crippen molar-refractivity contribution >= 4 is 11.8 Å². The number of aliphatic hydroxyl groups excluding tert-OH is 1. The standard InChI is InChI=1S/C19H26N2O3/c1-12(2)19(24)21-9-7-13(8-10-21)18(23)20-17-15-6-4-3-5-14(15)11-16(17)22/h3-6,12-13,16-17,22H,7-11H2,1-2H3,(H,20,23). The van der Waals surface area contributed by atoms with Crippen molar-refractivity contribution in [3.8, 4) is 0 Å². The fraction of sp³-hybridized carbons (Fsp3) is 0.579. The maximum Gasteiger partial charge on any atom is 0.225 e. The Hall–Kier alpha value is -1.88. The summed E-state index contributed by atoms with van der Waals surface area (Å²) < 4.78 is 0. The van der Waals surface area contributed by atoms with Crippen LogP contribution in [0, 0.1) is 11.8 Å². The maximum atomic E-state index is 12.6. The topological polar surface area (TPSA) is 69.6 Å². The van der Waals surface area contributed by atoms with Crippen LogP contribution >= 0.6 is 0 Å². The van der Waals surface area contributed by atoms with Gasteiger partial charge in [0, 0.05) is 31.3 Å². The van der Waals surface area contributed by atoms with Gasteiger partial charge in [0.1, 0.15) is 0 Å². The zero-order valence-electron chi connectivity index (χ0n) is 14.4. The first kappa shape index (κ1) is 17.0. The highest BCUT2D eigenvalue weighted by Crippen LogP contribution is 2.32. The Balaban J connectivity index is 1.58. The number of aliphatic hydroxyl groups is 1. The summed E-state index contributed by atoms with van der Waals surface area (Å²) in [5.41, 5.74) is 2.12. The van der Waals surface area contributed by atoms with Crippen LogP contribution in [-0.2, 0) is 16.0 Å². The van der Waals surface area contributed by atoms with Gasteiger partial charge in [0.15, 0.2) is 0 Å². The number of rotatable bonds is 3. The van der Waals surface area contributed by atoms with Gasteiger partial charge in [0.25, 0.3) is 0 Å². The van der Waals surface area contributed by atoms with Crippen molar-refractivity contribution in [3.05, 3.63) is 35.4 Å². The number of nitrogens with zero attached hydrogens (tertiary/aromatic N) is 1. The van der Waals surface area contributed by atoms with Crippen LogP contribution in [0.2, 0.25) is 0 Å². The number of benzene rings is 1.